The second-order valence-electron chi connectivity index (χ2n) is 8.03. The number of aliphatic hydroxyl groups is 3. The van der Waals surface area contributed by atoms with Crippen LogP contribution in [0.3, 0.4) is 0 Å². The van der Waals surface area contributed by atoms with Crippen LogP contribution in [0.25, 0.3) is 0 Å². The molecule has 3 aliphatic carbocycles. The summed E-state index contributed by atoms with van der Waals surface area (Å²) in [6.07, 6.45) is 3.16. The zero-order valence-corrected chi connectivity index (χ0v) is 14.5. The summed E-state index contributed by atoms with van der Waals surface area (Å²) in [6.45, 7) is 1.66. The van der Waals surface area contributed by atoms with Gasteiger partial charge >= 0.3 is 6.16 Å². The highest BCUT2D eigenvalue weighted by atomic mass is 16.9. The Kier molecular flexibility index (Phi) is 4.13. The van der Waals surface area contributed by atoms with E-state index in [9.17, 15) is 20.1 Å². The van der Waals surface area contributed by atoms with Gasteiger partial charge in [-0.05, 0) is 74.3 Å². The molecule has 5 heteroatoms. The second kappa shape index (κ2) is 6.08. The number of Topliss-reactive ketones (excluding diaryl/α,β-unsaturated/α-hetero) is 1. The molecule has 4 rings (SSSR count). The lowest BCUT2D eigenvalue weighted by Gasteiger charge is -2.46. The number of fused-ring (bicyclic) bond motifs is 6. The molecule has 25 heavy (non-hydrogen) atoms. The smallest absolute Gasteiger partial charge is 0.417 e. The normalized spacial score (nSPS) is 34.0. The Hall–Kier alpha value is -1.43. The molecule has 0 bridgehead atoms. The predicted octanol–water partition coefficient (Wildman–Crippen LogP) is 2.64. The van der Waals surface area contributed by atoms with Gasteiger partial charge in [0.15, 0.2) is 0 Å². The molecular weight excluding hydrogens is 320 g/mol. The Balaban J connectivity index is 1.80. The van der Waals surface area contributed by atoms with Crippen molar-refractivity contribution >= 4 is 5.78 Å². The van der Waals surface area contributed by atoms with Gasteiger partial charge in [0.2, 0.25) is 0 Å². The molecule has 0 saturated heterocycles. The van der Waals surface area contributed by atoms with Crippen LogP contribution in [-0.4, -0.2) is 27.3 Å². The van der Waals surface area contributed by atoms with Crippen molar-refractivity contribution in [2.75, 3.05) is 0 Å². The van der Waals surface area contributed by atoms with Crippen molar-refractivity contribution in [1.82, 2.24) is 0 Å². The minimum atomic E-state index is -3.19. The molecular formula is C20H26O5. The largest absolute Gasteiger partial charge is 0.453 e. The van der Waals surface area contributed by atoms with Crippen LogP contribution >= 0.6 is 0 Å². The maximum absolute atomic E-state index is 12.0. The number of carbonyl (C=O) groups is 1. The molecule has 5 unspecified atom stereocenters. The molecule has 5 atom stereocenters. The molecule has 0 spiro atoms. The maximum atomic E-state index is 12.0. The zero-order chi connectivity index (χ0) is 17.8. The molecule has 5 nitrogen and oxygen atoms in total. The molecule has 1 aromatic rings. The molecule has 136 valence electrons. The zero-order valence-electron chi connectivity index (χ0n) is 14.5. The lowest BCUT2D eigenvalue weighted by molar-refractivity contribution is -0.419. The summed E-state index contributed by atoms with van der Waals surface area (Å²) >= 11 is 0. The number of ether oxygens (including phenoxy) is 1. The van der Waals surface area contributed by atoms with Crippen molar-refractivity contribution in [3.05, 3.63) is 29.3 Å². The summed E-state index contributed by atoms with van der Waals surface area (Å²) in [5, 5.41) is 28.0. The number of hydrogen-bond donors (Lipinski definition) is 3. The van der Waals surface area contributed by atoms with Crippen LogP contribution < -0.4 is 4.74 Å². The third kappa shape index (κ3) is 2.98. The fourth-order valence-electron chi connectivity index (χ4n) is 5.81. The fourth-order valence-corrected chi connectivity index (χ4v) is 5.81. The summed E-state index contributed by atoms with van der Waals surface area (Å²) in [5.41, 5.74) is 2.18. The third-order valence-electron chi connectivity index (χ3n) is 6.72. The van der Waals surface area contributed by atoms with Crippen LogP contribution in [0.5, 0.6) is 5.75 Å². The Morgan fingerprint density at radius 3 is 2.56 bits per heavy atom. The molecule has 0 radical (unpaired) electrons. The Morgan fingerprint density at radius 1 is 1.08 bits per heavy atom. The Morgan fingerprint density at radius 2 is 1.84 bits per heavy atom. The number of ketones is 1. The quantitative estimate of drug-likeness (QED) is 0.733. The van der Waals surface area contributed by atoms with Crippen LogP contribution in [0, 0.1) is 17.8 Å². The van der Waals surface area contributed by atoms with E-state index in [1.807, 2.05) is 6.07 Å². The first kappa shape index (κ1) is 17.0. The van der Waals surface area contributed by atoms with E-state index in [-0.39, 0.29) is 17.6 Å². The van der Waals surface area contributed by atoms with Gasteiger partial charge in [0.25, 0.3) is 0 Å². The first-order valence-corrected chi connectivity index (χ1v) is 9.34. The van der Waals surface area contributed by atoms with Crippen molar-refractivity contribution in [3.63, 3.8) is 0 Å². The standard InChI is InChI=1S/C20H26O5/c1-11(21)12-8-9-15-13-4-2-5-14(13)16-6-3-7-18(25-20(22,23)24)19(16)17(15)10-12/h3,6-7,12-15,17,22-24H,2,4-5,8-10H2,1H3. The van der Waals surface area contributed by atoms with Gasteiger partial charge in [-0.1, -0.05) is 18.6 Å². The molecule has 1 aromatic carbocycles. The van der Waals surface area contributed by atoms with Gasteiger partial charge in [-0.15, -0.1) is 0 Å². The van der Waals surface area contributed by atoms with Gasteiger partial charge in [0, 0.05) is 11.5 Å². The van der Waals surface area contributed by atoms with Gasteiger partial charge in [-0.25, -0.2) is 0 Å². The van der Waals surface area contributed by atoms with Crippen molar-refractivity contribution < 1.29 is 24.9 Å². The van der Waals surface area contributed by atoms with Gasteiger partial charge in [-0.3, -0.25) is 4.79 Å². The summed E-state index contributed by atoms with van der Waals surface area (Å²) in [7, 11) is 0. The van der Waals surface area contributed by atoms with Crippen molar-refractivity contribution in [3.8, 4) is 5.75 Å². The topological polar surface area (TPSA) is 87.0 Å². The van der Waals surface area contributed by atoms with Crippen molar-refractivity contribution in [2.24, 2.45) is 17.8 Å². The van der Waals surface area contributed by atoms with E-state index in [1.54, 1.807) is 13.0 Å². The van der Waals surface area contributed by atoms with E-state index in [4.69, 9.17) is 4.74 Å². The minimum Gasteiger partial charge on any atom is -0.417 e. The minimum absolute atomic E-state index is 0.0576. The van der Waals surface area contributed by atoms with Crippen LogP contribution in [0.15, 0.2) is 18.2 Å². The molecule has 3 aliphatic rings. The van der Waals surface area contributed by atoms with E-state index < -0.39 is 6.16 Å². The lowest BCUT2D eigenvalue weighted by Crippen LogP contribution is -2.39. The number of rotatable bonds is 3. The van der Waals surface area contributed by atoms with Crippen molar-refractivity contribution in [2.45, 2.75) is 63.4 Å². The van der Waals surface area contributed by atoms with E-state index in [1.165, 1.54) is 18.4 Å². The van der Waals surface area contributed by atoms with Gasteiger partial charge < -0.3 is 20.1 Å². The van der Waals surface area contributed by atoms with E-state index >= 15 is 0 Å². The van der Waals surface area contributed by atoms with E-state index in [2.05, 4.69) is 6.07 Å². The third-order valence-corrected chi connectivity index (χ3v) is 6.72. The molecule has 0 amide bonds. The van der Waals surface area contributed by atoms with Crippen molar-refractivity contribution in [1.29, 1.82) is 0 Å². The SMILES string of the molecule is CC(=O)C1CCC2C(C1)c1c(OC(O)(O)O)cccc1C1CCCC12. The number of hydrogen-bond acceptors (Lipinski definition) is 5. The second-order valence-corrected chi connectivity index (χ2v) is 8.03. The van der Waals surface area contributed by atoms with Gasteiger partial charge in [0.1, 0.15) is 11.5 Å². The molecule has 0 heterocycles. The fraction of sp³-hybridized carbons (Fsp3) is 0.650. The number of benzene rings is 1. The monoisotopic (exact) mass is 346 g/mol. The average Bonchev–Trinajstić information content (AvgIpc) is 3.03. The first-order chi connectivity index (χ1) is 11.8. The number of carbonyl (C=O) groups excluding carboxylic acids is 1. The van der Waals surface area contributed by atoms with Crippen LogP contribution in [0.4, 0.5) is 0 Å². The molecule has 0 aliphatic heterocycles. The molecule has 3 N–H and O–H groups in total. The lowest BCUT2D eigenvalue weighted by atomic mass is 9.58. The average molecular weight is 346 g/mol. The molecule has 2 saturated carbocycles. The van der Waals surface area contributed by atoms with Crippen LogP contribution in [0.2, 0.25) is 0 Å². The Bertz CT molecular complexity index is 677. The molecule has 0 aromatic heterocycles. The predicted molar refractivity (Wildman–Crippen MR) is 90.8 cm³/mol. The summed E-state index contributed by atoms with van der Waals surface area (Å²) in [4.78, 5) is 12.0. The summed E-state index contributed by atoms with van der Waals surface area (Å²) in [6, 6.07) is 5.63. The Labute approximate surface area is 147 Å². The first-order valence-electron chi connectivity index (χ1n) is 9.34. The highest BCUT2D eigenvalue weighted by Gasteiger charge is 2.48. The van der Waals surface area contributed by atoms with Crippen LogP contribution in [0.1, 0.15) is 68.4 Å². The van der Waals surface area contributed by atoms with E-state index in [0.29, 0.717) is 23.5 Å². The summed E-state index contributed by atoms with van der Waals surface area (Å²) in [5.74, 6) is 2.41. The van der Waals surface area contributed by atoms with Gasteiger partial charge in [-0.2, -0.15) is 0 Å². The van der Waals surface area contributed by atoms with Crippen LogP contribution in [-0.2, 0) is 4.79 Å². The maximum Gasteiger partial charge on any atom is 0.453 e. The highest BCUT2D eigenvalue weighted by Crippen LogP contribution is 2.60. The highest BCUT2D eigenvalue weighted by molar-refractivity contribution is 5.78. The van der Waals surface area contributed by atoms with E-state index in [0.717, 1.165) is 31.2 Å². The molecule has 2 fully saturated rings. The van der Waals surface area contributed by atoms with Gasteiger partial charge in [0.05, 0.1) is 0 Å². The summed E-state index contributed by atoms with van der Waals surface area (Å²) < 4.78 is 5.08.